The molecule has 0 fully saturated rings. The van der Waals surface area contributed by atoms with E-state index in [1.807, 2.05) is 0 Å². The van der Waals surface area contributed by atoms with Crippen LogP contribution in [-0.2, 0) is 0 Å². The van der Waals surface area contributed by atoms with Crippen LogP contribution in [-0.4, -0.2) is 9.52 Å². The fourth-order valence-electron chi connectivity index (χ4n) is 3.82. The highest BCUT2D eigenvalue weighted by molar-refractivity contribution is 6.63. The number of hydrogen-bond acceptors (Lipinski definition) is 0. The SMILES string of the molecule is CC1=C(C)C(C)C(c2cc(C)cc(C)c2)=C1[SiH2]c1ccccc1. The van der Waals surface area contributed by atoms with Crippen molar-refractivity contribution >= 4 is 20.3 Å². The van der Waals surface area contributed by atoms with Crippen molar-refractivity contribution in [3.05, 3.63) is 81.6 Å². The standard InChI is InChI=1S/C22H26Si/c1-14-11-15(2)13-19(12-14)21-17(4)16(3)18(5)22(21)23-20-9-7-6-8-10-20/h6-13,17H,23H2,1-5H3. The number of rotatable bonds is 3. The molecule has 2 aromatic carbocycles. The van der Waals surface area contributed by atoms with Gasteiger partial charge in [-0.25, -0.2) is 0 Å². The summed E-state index contributed by atoms with van der Waals surface area (Å²) in [5.41, 5.74) is 8.84. The summed E-state index contributed by atoms with van der Waals surface area (Å²) in [6.07, 6.45) is 0. The van der Waals surface area contributed by atoms with E-state index in [2.05, 4.69) is 83.1 Å². The molecular formula is C22H26Si. The quantitative estimate of drug-likeness (QED) is 0.731. The van der Waals surface area contributed by atoms with Gasteiger partial charge in [-0.2, -0.15) is 0 Å². The highest BCUT2D eigenvalue weighted by Gasteiger charge is 2.27. The molecule has 0 heterocycles. The molecule has 0 bridgehead atoms. The fraction of sp³-hybridized carbons (Fsp3) is 0.273. The van der Waals surface area contributed by atoms with E-state index in [4.69, 9.17) is 0 Å². The Bertz CT molecular complexity index is 774. The van der Waals surface area contributed by atoms with Gasteiger partial charge in [-0.3, -0.25) is 0 Å². The molecule has 0 aromatic heterocycles. The van der Waals surface area contributed by atoms with Crippen LogP contribution in [0.1, 0.15) is 37.5 Å². The van der Waals surface area contributed by atoms with Crippen molar-refractivity contribution in [2.45, 2.75) is 34.6 Å². The smallest absolute Gasteiger partial charge is 0.0633 e. The van der Waals surface area contributed by atoms with Crippen LogP contribution in [0.2, 0.25) is 0 Å². The minimum absolute atomic E-state index is 0.440. The van der Waals surface area contributed by atoms with Gasteiger partial charge in [-0.15, -0.1) is 0 Å². The summed E-state index contributed by atoms with van der Waals surface area (Å²) in [6.45, 7) is 11.4. The summed E-state index contributed by atoms with van der Waals surface area (Å²) in [4.78, 5) is 0. The molecule has 0 radical (unpaired) electrons. The number of benzene rings is 2. The summed E-state index contributed by atoms with van der Waals surface area (Å²) >= 11 is 0. The summed E-state index contributed by atoms with van der Waals surface area (Å²) in [5.74, 6) is 0.544. The lowest BCUT2D eigenvalue weighted by Gasteiger charge is -2.16. The largest absolute Gasteiger partial charge is 0.0882 e. The molecule has 0 spiro atoms. The molecule has 1 aliphatic rings. The zero-order valence-electron chi connectivity index (χ0n) is 14.9. The van der Waals surface area contributed by atoms with Gasteiger partial charge in [0.1, 0.15) is 0 Å². The van der Waals surface area contributed by atoms with Gasteiger partial charge in [0.15, 0.2) is 0 Å². The van der Waals surface area contributed by atoms with E-state index in [0.717, 1.165) is 0 Å². The zero-order valence-corrected chi connectivity index (χ0v) is 16.3. The first-order valence-electron chi connectivity index (χ1n) is 8.50. The molecule has 0 N–H and O–H groups in total. The first kappa shape index (κ1) is 16.0. The van der Waals surface area contributed by atoms with E-state index in [1.54, 1.807) is 21.9 Å². The second-order valence-electron chi connectivity index (χ2n) is 6.96. The highest BCUT2D eigenvalue weighted by Crippen LogP contribution is 2.42. The van der Waals surface area contributed by atoms with E-state index in [1.165, 1.54) is 21.9 Å². The van der Waals surface area contributed by atoms with Crippen molar-refractivity contribution in [1.29, 1.82) is 0 Å². The van der Waals surface area contributed by atoms with Crippen LogP contribution < -0.4 is 5.19 Å². The van der Waals surface area contributed by atoms with E-state index in [-0.39, 0.29) is 0 Å². The minimum atomic E-state index is -0.440. The fourth-order valence-corrected chi connectivity index (χ4v) is 5.99. The van der Waals surface area contributed by atoms with Gasteiger partial charge in [0.05, 0.1) is 9.52 Å². The average Bonchev–Trinajstić information content (AvgIpc) is 2.72. The van der Waals surface area contributed by atoms with Crippen molar-refractivity contribution in [3.63, 3.8) is 0 Å². The maximum Gasteiger partial charge on any atom is 0.0882 e. The third kappa shape index (κ3) is 3.11. The number of aryl methyl sites for hydroxylation is 2. The third-order valence-electron chi connectivity index (χ3n) is 5.21. The Balaban J connectivity index is 2.12. The molecule has 0 saturated heterocycles. The lowest BCUT2D eigenvalue weighted by Crippen LogP contribution is -2.17. The predicted octanol–water partition coefficient (Wildman–Crippen LogP) is 4.49. The monoisotopic (exact) mass is 318 g/mol. The Morgan fingerprint density at radius 3 is 2.04 bits per heavy atom. The second-order valence-corrected chi connectivity index (χ2v) is 8.84. The van der Waals surface area contributed by atoms with Crippen molar-refractivity contribution in [2.24, 2.45) is 5.92 Å². The van der Waals surface area contributed by atoms with Crippen molar-refractivity contribution in [1.82, 2.24) is 0 Å². The molecule has 118 valence electrons. The third-order valence-corrected chi connectivity index (χ3v) is 7.35. The van der Waals surface area contributed by atoms with Crippen LogP contribution in [0.15, 0.2) is 64.9 Å². The molecule has 0 saturated carbocycles. The van der Waals surface area contributed by atoms with Crippen LogP contribution >= 0.6 is 0 Å². The van der Waals surface area contributed by atoms with E-state index >= 15 is 0 Å². The Morgan fingerprint density at radius 1 is 0.826 bits per heavy atom. The maximum atomic E-state index is 2.37. The molecule has 0 nitrogen and oxygen atoms in total. The van der Waals surface area contributed by atoms with E-state index in [0.29, 0.717) is 5.92 Å². The Labute approximate surface area is 142 Å². The van der Waals surface area contributed by atoms with Crippen LogP contribution in [0.4, 0.5) is 0 Å². The first-order chi connectivity index (χ1) is 11.0. The molecule has 1 aliphatic carbocycles. The summed E-state index contributed by atoms with van der Waals surface area (Å²) < 4.78 is 0. The molecular weight excluding hydrogens is 292 g/mol. The van der Waals surface area contributed by atoms with Crippen molar-refractivity contribution in [3.8, 4) is 0 Å². The summed E-state index contributed by atoms with van der Waals surface area (Å²) in [6, 6.07) is 18.0. The highest BCUT2D eigenvalue weighted by atomic mass is 28.2. The van der Waals surface area contributed by atoms with Crippen LogP contribution in [0.5, 0.6) is 0 Å². The van der Waals surface area contributed by atoms with E-state index < -0.39 is 9.52 Å². The van der Waals surface area contributed by atoms with Gasteiger partial charge in [-0.05, 0) is 38.8 Å². The lowest BCUT2D eigenvalue weighted by molar-refractivity contribution is 0.894. The molecule has 1 heteroatoms. The van der Waals surface area contributed by atoms with Gasteiger partial charge in [0, 0.05) is 5.92 Å². The average molecular weight is 319 g/mol. The van der Waals surface area contributed by atoms with Crippen molar-refractivity contribution < 1.29 is 0 Å². The first-order valence-corrected chi connectivity index (χ1v) is 9.92. The molecule has 2 aromatic rings. The topological polar surface area (TPSA) is 0 Å². The zero-order chi connectivity index (χ0) is 16.6. The number of hydrogen-bond donors (Lipinski definition) is 0. The Morgan fingerprint density at radius 2 is 1.43 bits per heavy atom. The maximum absolute atomic E-state index is 2.37. The Kier molecular flexibility index (Phi) is 4.41. The molecule has 1 atom stereocenters. The van der Waals surface area contributed by atoms with Crippen molar-refractivity contribution in [2.75, 3.05) is 0 Å². The molecule has 3 rings (SSSR count). The summed E-state index contributed by atoms with van der Waals surface area (Å²) in [5, 5.41) is 3.19. The Hall–Kier alpha value is -1.86. The lowest BCUT2D eigenvalue weighted by atomic mass is 9.91. The van der Waals surface area contributed by atoms with Gasteiger partial charge in [0.25, 0.3) is 0 Å². The predicted molar refractivity (Wildman–Crippen MR) is 105 cm³/mol. The van der Waals surface area contributed by atoms with Gasteiger partial charge in [0.2, 0.25) is 0 Å². The number of allylic oxidation sites excluding steroid dienone is 4. The van der Waals surface area contributed by atoms with Gasteiger partial charge < -0.3 is 0 Å². The summed E-state index contributed by atoms with van der Waals surface area (Å²) in [7, 11) is -0.440. The van der Waals surface area contributed by atoms with Gasteiger partial charge in [-0.1, -0.05) is 88.1 Å². The molecule has 1 unspecified atom stereocenters. The molecule has 23 heavy (non-hydrogen) atoms. The minimum Gasteiger partial charge on any atom is -0.0633 e. The van der Waals surface area contributed by atoms with Crippen LogP contribution in [0.3, 0.4) is 0 Å². The molecule has 0 amide bonds. The van der Waals surface area contributed by atoms with Gasteiger partial charge >= 0.3 is 0 Å². The van der Waals surface area contributed by atoms with Crippen LogP contribution in [0.25, 0.3) is 5.57 Å². The van der Waals surface area contributed by atoms with E-state index in [9.17, 15) is 0 Å². The molecule has 0 aliphatic heterocycles. The second kappa shape index (κ2) is 6.33. The van der Waals surface area contributed by atoms with Crippen LogP contribution in [0, 0.1) is 19.8 Å². The normalized spacial score (nSPS) is 18.6.